The number of nitrogens with two attached hydrogens (primary N) is 1. The van der Waals surface area contributed by atoms with E-state index in [1.54, 1.807) is 0 Å². The largest absolute Gasteiger partial charge is 0.494 e. The molecule has 0 unspecified atom stereocenters. The summed E-state index contributed by atoms with van der Waals surface area (Å²) in [6.07, 6.45) is 1.77. The molecule has 2 aromatic rings. The number of hydrogen-bond acceptors (Lipinski definition) is 5. The zero-order valence-electron chi connectivity index (χ0n) is 13.8. The highest BCUT2D eigenvalue weighted by atomic mass is 16.5. The zero-order chi connectivity index (χ0) is 17.1. The number of benzene rings is 1. The summed E-state index contributed by atoms with van der Waals surface area (Å²) in [6.45, 7) is 4.57. The van der Waals surface area contributed by atoms with Crippen molar-refractivity contribution in [2.45, 2.75) is 32.6 Å². The van der Waals surface area contributed by atoms with E-state index in [9.17, 15) is 5.26 Å². The molecule has 0 bridgehead atoms. The molecule has 0 saturated heterocycles. The number of hydrogen-bond donors (Lipinski definition) is 2. The molecule has 1 aliphatic rings. The molecule has 0 saturated carbocycles. The van der Waals surface area contributed by atoms with E-state index < -0.39 is 0 Å². The molecule has 0 fully saturated rings. The summed E-state index contributed by atoms with van der Waals surface area (Å²) in [5.41, 5.74) is 9.09. The van der Waals surface area contributed by atoms with Crippen molar-refractivity contribution in [2.75, 3.05) is 6.61 Å². The van der Waals surface area contributed by atoms with Crippen molar-refractivity contribution < 1.29 is 9.47 Å². The summed E-state index contributed by atoms with van der Waals surface area (Å²) < 4.78 is 11.3. The van der Waals surface area contributed by atoms with Crippen LogP contribution in [0.25, 0.3) is 0 Å². The molecule has 2 heterocycles. The second-order valence-electron chi connectivity index (χ2n) is 5.57. The van der Waals surface area contributed by atoms with Gasteiger partial charge in [-0.05, 0) is 19.4 Å². The van der Waals surface area contributed by atoms with Gasteiger partial charge in [0.1, 0.15) is 17.4 Å². The van der Waals surface area contributed by atoms with Crippen molar-refractivity contribution in [3.05, 3.63) is 52.5 Å². The van der Waals surface area contributed by atoms with Crippen LogP contribution in [0.3, 0.4) is 0 Å². The van der Waals surface area contributed by atoms with Crippen molar-refractivity contribution >= 4 is 0 Å². The Labute approximate surface area is 140 Å². The maximum Gasteiger partial charge on any atom is 0.244 e. The number of nitrogens with zero attached hydrogens (tertiary/aromatic N) is 2. The number of nitrogens with one attached hydrogen (secondary N) is 1. The third-order valence-electron chi connectivity index (χ3n) is 4.05. The van der Waals surface area contributed by atoms with E-state index in [1.165, 1.54) is 0 Å². The quantitative estimate of drug-likeness (QED) is 0.881. The third-order valence-corrected chi connectivity index (χ3v) is 4.05. The van der Waals surface area contributed by atoms with Gasteiger partial charge in [0.2, 0.25) is 11.8 Å². The van der Waals surface area contributed by atoms with Crippen molar-refractivity contribution in [1.29, 1.82) is 5.26 Å². The Morgan fingerprint density at radius 3 is 2.88 bits per heavy atom. The number of rotatable bonds is 5. The van der Waals surface area contributed by atoms with E-state index in [1.807, 2.05) is 31.2 Å². The first kappa shape index (κ1) is 15.9. The Bertz CT molecular complexity index is 817. The summed E-state index contributed by atoms with van der Waals surface area (Å²) in [5.74, 6) is 0.922. The van der Waals surface area contributed by atoms with Crippen LogP contribution in [-0.2, 0) is 6.42 Å². The number of aryl methyl sites for hydroxylation is 1. The third kappa shape index (κ3) is 2.58. The molecule has 1 atom stereocenters. The number of para-hydroxylation sites is 1. The van der Waals surface area contributed by atoms with Gasteiger partial charge in [-0.1, -0.05) is 31.5 Å². The molecule has 0 amide bonds. The first-order chi connectivity index (χ1) is 11.7. The highest BCUT2D eigenvalue weighted by Crippen LogP contribution is 2.45. The van der Waals surface area contributed by atoms with Gasteiger partial charge in [-0.2, -0.15) is 5.26 Å². The molecule has 1 aliphatic heterocycles. The number of H-pyrrole nitrogens is 1. The van der Waals surface area contributed by atoms with Gasteiger partial charge < -0.3 is 15.2 Å². The van der Waals surface area contributed by atoms with E-state index in [0.29, 0.717) is 18.1 Å². The van der Waals surface area contributed by atoms with E-state index in [-0.39, 0.29) is 11.8 Å². The number of aromatic amines is 1. The van der Waals surface area contributed by atoms with Crippen molar-refractivity contribution in [3.8, 4) is 17.7 Å². The summed E-state index contributed by atoms with van der Waals surface area (Å²) in [5, 5.41) is 16.9. The van der Waals surface area contributed by atoms with Crippen LogP contribution in [-0.4, -0.2) is 16.8 Å². The van der Waals surface area contributed by atoms with E-state index in [2.05, 4.69) is 23.2 Å². The Kier molecular flexibility index (Phi) is 4.43. The molecule has 0 radical (unpaired) electrons. The second kappa shape index (κ2) is 6.67. The van der Waals surface area contributed by atoms with Gasteiger partial charge in [0, 0.05) is 11.3 Å². The molecule has 0 spiro atoms. The summed E-state index contributed by atoms with van der Waals surface area (Å²) in [6, 6.07) is 9.90. The Balaban J connectivity index is 2.22. The number of fused-ring (bicyclic) bond motifs is 1. The minimum absolute atomic E-state index is 0.0934. The average Bonchev–Trinajstić information content (AvgIpc) is 2.97. The lowest BCUT2D eigenvalue weighted by Gasteiger charge is -2.25. The van der Waals surface area contributed by atoms with Gasteiger partial charge in [-0.3, -0.25) is 5.10 Å². The highest BCUT2D eigenvalue weighted by molar-refractivity contribution is 5.58. The topological polar surface area (TPSA) is 97.0 Å². The van der Waals surface area contributed by atoms with Crippen LogP contribution in [0.15, 0.2) is 35.7 Å². The molecule has 3 N–H and O–H groups in total. The molecule has 124 valence electrons. The van der Waals surface area contributed by atoms with Gasteiger partial charge in [0.05, 0.1) is 18.1 Å². The molecular weight excluding hydrogens is 304 g/mol. The standard InChI is InChI=1S/C18H20N4O2/c1-3-7-13-16-15(11-8-5-6-9-14(11)23-4-2)12(10-19)17(20)24-18(16)22-21-13/h5-6,8-9,15H,3-4,7,20H2,1-2H3,(H,21,22)/t15-/m0/s1. The second-order valence-corrected chi connectivity index (χ2v) is 5.57. The van der Waals surface area contributed by atoms with Crippen LogP contribution < -0.4 is 15.2 Å². The predicted molar refractivity (Wildman–Crippen MR) is 89.5 cm³/mol. The van der Waals surface area contributed by atoms with Crippen LogP contribution in [0.1, 0.15) is 43.0 Å². The SMILES string of the molecule is CCCc1[nH]nc2c1[C@@H](c1ccccc1OCC)C(C#N)=C(N)O2. The minimum Gasteiger partial charge on any atom is -0.494 e. The molecule has 0 aliphatic carbocycles. The summed E-state index contributed by atoms with van der Waals surface area (Å²) >= 11 is 0. The fourth-order valence-electron chi connectivity index (χ4n) is 3.07. The fourth-order valence-corrected chi connectivity index (χ4v) is 3.07. The number of ether oxygens (including phenoxy) is 2. The highest BCUT2D eigenvalue weighted by Gasteiger charge is 2.36. The minimum atomic E-state index is -0.346. The monoisotopic (exact) mass is 324 g/mol. The van der Waals surface area contributed by atoms with Crippen LogP contribution >= 0.6 is 0 Å². The maximum atomic E-state index is 9.66. The lowest BCUT2D eigenvalue weighted by atomic mass is 9.83. The summed E-state index contributed by atoms with van der Waals surface area (Å²) in [7, 11) is 0. The Hall–Kier alpha value is -2.94. The van der Waals surface area contributed by atoms with Gasteiger partial charge in [0.15, 0.2) is 0 Å². The molecule has 1 aromatic carbocycles. The Morgan fingerprint density at radius 1 is 1.38 bits per heavy atom. The lowest BCUT2D eigenvalue weighted by molar-refractivity contribution is 0.334. The lowest BCUT2D eigenvalue weighted by Crippen LogP contribution is -2.21. The van der Waals surface area contributed by atoms with E-state index in [4.69, 9.17) is 15.2 Å². The van der Waals surface area contributed by atoms with Gasteiger partial charge in [0.25, 0.3) is 0 Å². The average molecular weight is 324 g/mol. The van der Waals surface area contributed by atoms with Crippen molar-refractivity contribution in [3.63, 3.8) is 0 Å². The normalized spacial score (nSPS) is 16.3. The smallest absolute Gasteiger partial charge is 0.244 e. The predicted octanol–water partition coefficient (Wildman–Crippen LogP) is 2.98. The Morgan fingerprint density at radius 2 is 2.17 bits per heavy atom. The molecule has 3 rings (SSSR count). The van der Waals surface area contributed by atoms with E-state index >= 15 is 0 Å². The molecule has 1 aromatic heterocycles. The van der Waals surface area contributed by atoms with Gasteiger partial charge >= 0.3 is 0 Å². The van der Waals surface area contributed by atoms with E-state index in [0.717, 1.165) is 35.4 Å². The summed E-state index contributed by atoms with van der Waals surface area (Å²) in [4.78, 5) is 0. The molecular formula is C18H20N4O2. The number of aromatic nitrogens is 2. The van der Waals surface area contributed by atoms with Gasteiger partial charge in [-0.25, -0.2) is 0 Å². The van der Waals surface area contributed by atoms with Crippen molar-refractivity contribution in [2.24, 2.45) is 5.73 Å². The van der Waals surface area contributed by atoms with Crippen LogP contribution in [0.4, 0.5) is 0 Å². The van der Waals surface area contributed by atoms with Crippen LogP contribution in [0, 0.1) is 11.3 Å². The maximum absolute atomic E-state index is 9.66. The first-order valence-electron chi connectivity index (χ1n) is 8.07. The molecule has 6 heteroatoms. The van der Waals surface area contributed by atoms with Crippen molar-refractivity contribution in [1.82, 2.24) is 10.2 Å². The van der Waals surface area contributed by atoms with Gasteiger partial charge in [-0.15, -0.1) is 5.10 Å². The molecule has 6 nitrogen and oxygen atoms in total. The van der Waals surface area contributed by atoms with Crippen LogP contribution in [0.5, 0.6) is 11.6 Å². The number of nitriles is 1. The first-order valence-corrected chi connectivity index (χ1v) is 8.07. The fraction of sp³-hybridized carbons (Fsp3) is 0.333. The van der Waals surface area contributed by atoms with Crippen LogP contribution in [0.2, 0.25) is 0 Å². The zero-order valence-corrected chi connectivity index (χ0v) is 13.8. The molecule has 24 heavy (non-hydrogen) atoms. The number of allylic oxidation sites excluding steroid dienone is 1.